The zero-order chi connectivity index (χ0) is 10.7. The van der Waals surface area contributed by atoms with Crippen LogP contribution in [0.3, 0.4) is 0 Å². The van der Waals surface area contributed by atoms with Gasteiger partial charge in [-0.25, -0.2) is 0 Å². The van der Waals surface area contributed by atoms with E-state index in [0.29, 0.717) is 6.42 Å². The van der Waals surface area contributed by atoms with Crippen molar-refractivity contribution in [2.45, 2.75) is 44.6 Å². The van der Waals surface area contributed by atoms with Gasteiger partial charge in [-0.2, -0.15) is 5.26 Å². The Morgan fingerprint density at radius 1 is 1.50 bits per heavy atom. The molecular formula is C11H19NO2. The lowest BCUT2D eigenvalue weighted by Gasteiger charge is -2.39. The molecule has 3 nitrogen and oxygen atoms in total. The summed E-state index contributed by atoms with van der Waals surface area (Å²) in [5.74, 6) is 0. The van der Waals surface area contributed by atoms with Crippen LogP contribution < -0.4 is 0 Å². The number of nitrogens with zero attached hydrogens (tertiary/aromatic N) is 1. The normalized spacial score (nSPS) is 24.1. The van der Waals surface area contributed by atoms with Gasteiger partial charge in [0.1, 0.15) is 5.60 Å². The Labute approximate surface area is 85.7 Å². The number of ether oxygens (including phenoxy) is 1. The molecule has 1 rings (SSSR count). The van der Waals surface area contributed by atoms with Gasteiger partial charge in [0.2, 0.25) is 0 Å². The van der Waals surface area contributed by atoms with Crippen LogP contribution in [0.15, 0.2) is 0 Å². The molecule has 1 fully saturated rings. The van der Waals surface area contributed by atoms with E-state index in [1.54, 1.807) is 7.11 Å². The second-order valence-corrected chi connectivity index (χ2v) is 4.22. The number of aliphatic hydroxyl groups is 1. The van der Waals surface area contributed by atoms with Gasteiger partial charge in [-0.1, -0.05) is 19.8 Å². The molecule has 0 aromatic carbocycles. The second-order valence-electron chi connectivity index (χ2n) is 4.22. The van der Waals surface area contributed by atoms with Crippen molar-refractivity contribution in [3.05, 3.63) is 0 Å². The largest absolute Gasteiger partial charge is 0.386 e. The van der Waals surface area contributed by atoms with Gasteiger partial charge >= 0.3 is 0 Å². The van der Waals surface area contributed by atoms with Crippen LogP contribution in [0.5, 0.6) is 0 Å². The molecule has 0 bridgehead atoms. The molecule has 0 spiro atoms. The molecular weight excluding hydrogens is 178 g/mol. The lowest BCUT2D eigenvalue weighted by atomic mass is 9.70. The van der Waals surface area contributed by atoms with Crippen molar-refractivity contribution < 1.29 is 9.84 Å². The fraction of sp³-hybridized carbons (Fsp3) is 0.909. The Morgan fingerprint density at radius 3 is 2.43 bits per heavy atom. The molecule has 0 saturated heterocycles. The molecule has 3 heteroatoms. The van der Waals surface area contributed by atoms with Crippen molar-refractivity contribution >= 4 is 0 Å². The predicted molar refractivity (Wildman–Crippen MR) is 53.6 cm³/mol. The third kappa shape index (κ3) is 1.65. The predicted octanol–water partition coefficient (Wildman–Crippen LogP) is 1.86. The zero-order valence-electron chi connectivity index (χ0n) is 9.05. The van der Waals surface area contributed by atoms with E-state index in [1.165, 1.54) is 0 Å². The highest BCUT2D eigenvalue weighted by atomic mass is 16.5. The summed E-state index contributed by atoms with van der Waals surface area (Å²) in [6.07, 6.45) is 4.27. The van der Waals surface area contributed by atoms with Gasteiger partial charge in [-0.3, -0.25) is 0 Å². The van der Waals surface area contributed by atoms with Crippen LogP contribution in [-0.2, 0) is 4.74 Å². The number of rotatable bonds is 4. The van der Waals surface area contributed by atoms with Crippen LogP contribution >= 0.6 is 0 Å². The van der Waals surface area contributed by atoms with Gasteiger partial charge in [0.25, 0.3) is 0 Å². The summed E-state index contributed by atoms with van der Waals surface area (Å²) in [6.45, 7) is 2.17. The summed E-state index contributed by atoms with van der Waals surface area (Å²) in [7, 11) is 1.57. The van der Waals surface area contributed by atoms with Gasteiger partial charge in [0.05, 0.1) is 18.1 Å². The van der Waals surface area contributed by atoms with Crippen LogP contribution in [0, 0.1) is 16.7 Å². The lowest BCUT2D eigenvalue weighted by molar-refractivity contribution is -0.103. The van der Waals surface area contributed by atoms with Gasteiger partial charge in [-0.15, -0.1) is 0 Å². The van der Waals surface area contributed by atoms with E-state index in [1.807, 2.05) is 6.92 Å². The summed E-state index contributed by atoms with van der Waals surface area (Å²) in [5.41, 5.74) is -1.54. The fourth-order valence-corrected chi connectivity index (χ4v) is 2.48. The molecule has 0 amide bonds. The first kappa shape index (κ1) is 11.5. The van der Waals surface area contributed by atoms with Crippen molar-refractivity contribution in [3.8, 4) is 6.07 Å². The first-order valence-electron chi connectivity index (χ1n) is 5.27. The maximum Gasteiger partial charge on any atom is 0.106 e. The van der Waals surface area contributed by atoms with E-state index >= 15 is 0 Å². The molecule has 1 saturated carbocycles. The summed E-state index contributed by atoms with van der Waals surface area (Å²) in [5, 5.41) is 19.7. The van der Waals surface area contributed by atoms with E-state index in [4.69, 9.17) is 4.74 Å². The molecule has 1 aliphatic rings. The lowest BCUT2D eigenvalue weighted by Crippen LogP contribution is -2.49. The second kappa shape index (κ2) is 4.29. The summed E-state index contributed by atoms with van der Waals surface area (Å²) in [4.78, 5) is 0. The molecule has 0 aromatic rings. The number of hydrogen-bond acceptors (Lipinski definition) is 3. The molecule has 0 heterocycles. The standard InChI is InChI=1S/C11H19NO2/c1-3-11(13,9-14-2)10(8-12)6-4-5-7-10/h13H,3-7,9H2,1-2H3. The first-order valence-corrected chi connectivity index (χ1v) is 5.27. The minimum atomic E-state index is -0.965. The smallest absolute Gasteiger partial charge is 0.106 e. The Kier molecular flexibility index (Phi) is 3.52. The molecule has 0 aromatic heterocycles. The summed E-state index contributed by atoms with van der Waals surface area (Å²) in [6, 6.07) is 2.32. The third-order valence-electron chi connectivity index (χ3n) is 3.53. The minimum Gasteiger partial charge on any atom is -0.386 e. The van der Waals surface area contributed by atoms with Gasteiger partial charge in [-0.05, 0) is 19.3 Å². The average molecular weight is 197 g/mol. The Hall–Kier alpha value is -0.590. The van der Waals surface area contributed by atoms with Gasteiger partial charge in [0, 0.05) is 7.11 Å². The Morgan fingerprint density at radius 2 is 2.07 bits per heavy atom. The van der Waals surface area contributed by atoms with Gasteiger partial charge < -0.3 is 9.84 Å². The highest BCUT2D eigenvalue weighted by Gasteiger charge is 2.51. The fourth-order valence-electron chi connectivity index (χ4n) is 2.48. The average Bonchev–Trinajstić information content (AvgIpc) is 2.68. The maximum atomic E-state index is 10.4. The Balaban J connectivity index is 2.90. The number of hydrogen-bond donors (Lipinski definition) is 1. The van der Waals surface area contributed by atoms with E-state index in [-0.39, 0.29) is 6.61 Å². The van der Waals surface area contributed by atoms with Crippen LogP contribution in [0.1, 0.15) is 39.0 Å². The van der Waals surface area contributed by atoms with Crippen molar-refractivity contribution in [3.63, 3.8) is 0 Å². The van der Waals surface area contributed by atoms with Crippen molar-refractivity contribution in [1.82, 2.24) is 0 Å². The van der Waals surface area contributed by atoms with E-state index < -0.39 is 11.0 Å². The van der Waals surface area contributed by atoms with E-state index in [9.17, 15) is 10.4 Å². The minimum absolute atomic E-state index is 0.261. The molecule has 14 heavy (non-hydrogen) atoms. The Bertz CT molecular complexity index is 228. The number of nitriles is 1. The highest BCUT2D eigenvalue weighted by molar-refractivity contribution is 5.13. The zero-order valence-corrected chi connectivity index (χ0v) is 9.05. The molecule has 1 unspecified atom stereocenters. The van der Waals surface area contributed by atoms with Crippen LogP contribution in [0.4, 0.5) is 0 Å². The van der Waals surface area contributed by atoms with E-state index in [2.05, 4.69) is 6.07 Å². The van der Waals surface area contributed by atoms with Crippen LogP contribution in [-0.4, -0.2) is 24.4 Å². The summed E-state index contributed by atoms with van der Waals surface area (Å²) < 4.78 is 5.04. The number of methoxy groups -OCH3 is 1. The molecule has 0 radical (unpaired) electrons. The van der Waals surface area contributed by atoms with Crippen molar-refractivity contribution in [2.24, 2.45) is 5.41 Å². The monoisotopic (exact) mass is 197 g/mol. The topological polar surface area (TPSA) is 53.2 Å². The summed E-state index contributed by atoms with van der Waals surface area (Å²) >= 11 is 0. The van der Waals surface area contributed by atoms with Gasteiger partial charge in [0.15, 0.2) is 0 Å². The molecule has 1 atom stereocenters. The molecule has 1 aliphatic carbocycles. The highest BCUT2D eigenvalue weighted by Crippen LogP contribution is 2.47. The van der Waals surface area contributed by atoms with Crippen molar-refractivity contribution in [1.29, 1.82) is 5.26 Å². The maximum absolute atomic E-state index is 10.4. The van der Waals surface area contributed by atoms with Crippen LogP contribution in [0.2, 0.25) is 0 Å². The van der Waals surface area contributed by atoms with E-state index in [0.717, 1.165) is 25.7 Å². The molecule has 0 aliphatic heterocycles. The van der Waals surface area contributed by atoms with Crippen molar-refractivity contribution in [2.75, 3.05) is 13.7 Å². The quantitative estimate of drug-likeness (QED) is 0.748. The first-order chi connectivity index (χ1) is 6.64. The SMILES string of the molecule is CCC(O)(COC)C1(C#N)CCCC1. The molecule has 1 N–H and O–H groups in total. The van der Waals surface area contributed by atoms with Crippen LogP contribution in [0.25, 0.3) is 0 Å². The third-order valence-corrected chi connectivity index (χ3v) is 3.53. The molecule has 80 valence electrons.